The Morgan fingerprint density at radius 1 is 1.29 bits per heavy atom. The molecule has 1 saturated carbocycles. The minimum absolute atomic E-state index is 0.000779. The normalized spacial score (nSPS) is 28.5. The van der Waals surface area contributed by atoms with Crippen LogP contribution in [0.15, 0.2) is 42.7 Å². The van der Waals surface area contributed by atoms with Crippen molar-refractivity contribution >= 4 is 23.3 Å². The molecule has 0 saturated heterocycles. The molecule has 3 aliphatic rings. The Morgan fingerprint density at radius 2 is 2.17 bits per heavy atom. The minimum atomic E-state index is -0.512. The zero-order chi connectivity index (χ0) is 24.2. The number of nitrogens with zero attached hydrogens (tertiary/aromatic N) is 2. The number of aromatic nitrogens is 3. The number of nitrogens with one attached hydrogen (secondary N) is 2. The topological polar surface area (TPSA) is 70.7 Å². The highest BCUT2D eigenvalue weighted by molar-refractivity contribution is 6.30. The lowest BCUT2D eigenvalue weighted by Gasteiger charge is -2.51. The van der Waals surface area contributed by atoms with Crippen LogP contribution in [0, 0.1) is 17.7 Å². The number of carbonyl (C=O) groups excluding carboxylic acids is 1. The lowest BCUT2D eigenvalue weighted by atomic mass is 9.53. The van der Waals surface area contributed by atoms with Crippen LogP contribution in [-0.2, 0) is 16.6 Å². The number of halogens is 2. The van der Waals surface area contributed by atoms with Gasteiger partial charge in [0.25, 0.3) is 0 Å². The summed E-state index contributed by atoms with van der Waals surface area (Å²) >= 11 is 6.31. The van der Waals surface area contributed by atoms with Gasteiger partial charge in [0.1, 0.15) is 0 Å². The maximum Gasteiger partial charge on any atom is 0.225 e. The molecule has 1 fully saturated rings. The van der Waals surface area contributed by atoms with Gasteiger partial charge in [-0.15, -0.1) is 0 Å². The van der Waals surface area contributed by atoms with Crippen LogP contribution in [0.1, 0.15) is 79.7 Å². The van der Waals surface area contributed by atoms with E-state index in [1.165, 1.54) is 53.6 Å². The summed E-state index contributed by atoms with van der Waals surface area (Å²) in [5.41, 5.74) is 5.61. The second-order valence-corrected chi connectivity index (χ2v) is 11.2. The van der Waals surface area contributed by atoms with Crippen LogP contribution in [0.4, 0.5) is 10.2 Å². The van der Waals surface area contributed by atoms with E-state index in [1.807, 2.05) is 12.3 Å². The van der Waals surface area contributed by atoms with E-state index >= 15 is 0 Å². The van der Waals surface area contributed by atoms with Crippen molar-refractivity contribution in [3.05, 3.63) is 75.9 Å². The molecule has 1 amide bonds. The first-order chi connectivity index (χ1) is 17.0. The van der Waals surface area contributed by atoms with E-state index in [2.05, 4.69) is 39.6 Å². The molecule has 6 rings (SSSR count). The average Bonchev–Trinajstić information content (AvgIpc) is 3.42. The van der Waals surface area contributed by atoms with Crippen molar-refractivity contribution in [3.8, 4) is 0 Å². The third-order valence-electron chi connectivity index (χ3n) is 8.95. The van der Waals surface area contributed by atoms with Crippen molar-refractivity contribution in [1.29, 1.82) is 0 Å². The lowest BCUT2D eigenvalue weighted by Crippen LogP contribution is -2.44. The fraction of sp³-hybridized carbons (Fsp3) is 0.464. The maximum atomic E-state index is 13.9. The van der Waals surface area contributed by atoms with Crippen molar-refractivity contribution < 1.29 is 9.18 Å². The van der Waals surface area contributed by atoms with Gasteiger partial charge in [0, 0.05) is 28.7 Å². The quantitative estimate of drug-likeness (QED) is 0.426. The number of H-pyrrole nitrogens is 1. The van der Waals surface area contributed by atoms with E-state index in [9.17, 15) is 9.18 Å². The van der Waals surface area contributed by atoms with Gasteiger partial charge in [-0.3, -0.25) is 9.89 Å². The summed E-state index contributed by atoms with van der Waals surface area (Å²) in [4.78, 5) is 16.5. The van der Waals surface area contributed by atoms with Gasteiger partial charge >= 0.3 is 0 Å². The van der Waals surface area contributed by atoms with Crippen molar-refractivity contribution in [2.24, 2.45) is 11.8 Å². The highest BCUT2D eigenvalue weighted by atomic mass is 35.5. The summed E-state index contributed by atoms with van der Waals surface area (Å²) in [5, 5.41) is 11.2. The van der Waals surface area contributed by atoms with E-state index < -0.39 is 5.82 Å². The first kappa shape index (κ1) is 22.7. The molecule has 2 N–H and O–H groups in total. The average molecular weight is 493 g/mol. The standard InChI is InChI=1S/C28H30ClFN4O/c1-28-12-11-19-18-10-8-17(29)14-16(18)7-9-21(19)25(28)20(22-15-32-34-26(22)28)4-2-6-24(35)33-27-23(30)5-3-13-31-27/h3,5,8,10,13-15,19-21,25H,2,4,6-7,9,11-12H2,1H3,(H,32,34)(H,31,33,35)/t19?,20-,21?,25?,28+/m1/s1. The molecule has 5 nitrogen and oxygen atoms in total. The Balaban J connectivity index is 1.21. The largest absolute Gasteiger partial charge is 0.308 e. The Bertz CT molecular complexity index is 1280. The second kappa shape index (κ2) is 8.74. The lowest BCUT2D eigenvalue weighted by molar-refractivity contribution is -0.116. The molecule has 3 unspecified atom stereocenters. The van der Waals surface area contributed by atoms with Gasteiger partial charge in [-0.1, -0.05) is 24.6 Å². The molecular weight excluding hydrogens is 463 g/mol. The predicted molar refractivity (Wildman–Crippen MR) is 134 cm³/mol. The molecule has 182 valence electrons. The van der Waals surface area contributed by atoms with Gasteiger partial charge in [0.15, 0.2) is 11.6 Å². The SMILES string of the molecule is C[C@]12CCC3c4ccc(Cl)cc4CCC3C1[C@H](CCCC(=O)Nc1ncccc1F)c1cn[nH]c12. The molecular formula is C28H30ClFN4O. The number of benzene rings is 1. The summed E-state index contributed by atoms with van der Waals surface area (Å²) in [6.07, 6.45) is 10.0. The fourth-order valence-corrected chi connectivity index (χ4v) is 7.75. The molecule has 5 atom stereocenters. The molecule has 35 heavy (non-hydrogen) atoms. The van der Waals surface area contributed by atoms with Gasteiger partial charge in [0.05, 0.1) is 6.20 Å². The summed E-state index contributed by atoms with van der Waals surface area (Å²) in [6.45, 7) is 2.42. The molecule has 2 aromatic heterocycles. The molecule has 3 aromatic rings. The number of carbonyl (C=O) groups is 1. The van der Waals surface area contributed by atoms with E-state index in [0.717, 1.165) is 30.7 Å². The van der Waals surface area contributed by atoms with E-state index in [4.69, 9.17) is 11.6 Å². The third kappa shape index (κ3) is 3.77. The Hall–Kier alpha value is -2.73. The first-order valence-corrected chi connectivity index (χ1v) is 13.1. The third-order valence-corrected chi connectivity index (χ3v) is 9.18. The summed E-state index contributed by atoms with van der Waals surface area (Å²) in [7, 11) is 0. The first-order valence-electron chi connectivity index (χ1n) is 12.7. The molecule has 1 aromatic carbocycles. The molecule has 2 heterocycles. The van der Waals surface area contributed by atoms with Crippen LogP contribution < -0.4 is 5.32 Å². The highest BCUT2D eigenvalue weighted by Crippen LogP contribution is 2.64. The number of hydrogen-bond acceptors (Lipinski definition) is 3. The van der Waals surface area contributed by atoms with Crippen LogP contribution in [0.25, 0.3) is 0 Å². The summed E-state index contributed by atoms with van der Waals surface area (Å²) < 4.78 is 13.9. The van der Waals surface area contributed by atoms with E-state index in [1.54, 1.807) is 0 Å². The summed E-state index contributed by atoms with van der Waals surface area (Å²) in [6, 6.07) is 9.27. The number of aromatic amines is 1. The molecule has 0 radical (unpaired) electrons. The van der Waals surface area contributed by atoms with Crippen molar-refractivity contribution in [3.63, 3.8) is 0 Å². The fourth-order valence-electron chi connectivity index (χ4n) is 7.55. The molecule has 0 spiro atoms. The number of anilines is 1. The zero-order valence-corrected chi connectivity index (χ0v) is 20.6. The van der Waals surface area contributed by atoms with Gasteiger partial charge < -0.3 is 5.32 Å². The maximum absolute atomic E-state index is 13.9. The van der Waals surface area contributed by atoms with Gasteiger partial charge in [0.2, 0.25) is 5.91 Å². The number of rotatable bonds is 5. The van der Waals surface area contributed by atoms with Gasteiger partial charge in [-0.05, 0) is 103 Å². The van der Waals surface area contributed by atoms with Crippen LogP contribution >= 0.6 is 11.6 Å². The van der Waals surface area contributed by atoms with Gasteiger partial charge in [-0.2, -0.15) is 5.10 Å². The number of fused-ring (bicyclic) bond motifs is 7. The van der Waals surface area contributed by atoms with Crippen LogP contribution in [0.5, 0.6) is 0 Å². The molecule has 7 heteroatoms. The molecule has 0 aliphatic heterocycles. The predicted octanol–water partition coefficient (Wildman–Crippen LogP) is 6.52. The number of amides is 1. The minimum Gasteiger partial charge on any atom is -0.308 e. The van der Waals surface area contributed by atoms with Gasteiger partial charge in [-0.25, -0.2) is 9.37 Å². The van der Waals surface area contributed by atoms with Crippen LogP contribution in [0.2, 0.25) is 5.02 Å². The van der Waals surface area contributed by atoms with Crippen LogP contribution in [-0.4, -0.2) is 21.1 Å². The van der Waals surface area contributed by atoms with Crippen molar-refractivity contribution in [2.45, 2.75) is 69.1 Å². The van der Waals surface area contributed by atoms with E-state index in [0.29, 0.717) is 30.1 Å². The Labute approximate surface area is 209 Å². The monoisotopic (exact) mass is 492 g/mol. The van der Waals surface area contributed by atoms with Crippen LogP contribution in [0.3, 0.4) is 0 Å². The number of aryl methyl sites for hydroxylation is 1. The molecule has 3 aliphatic carbocycles. The second-order valence-electron chi connectivity index (χ2n) is 10.7. The Morgan fingerprint density at radius 3 is 3.03 bits per heavy atom. The highest BCUT2D eigenvalue weighted by Gasteiger charge is 2.57. The zero-order valence-electron chi connectivity index (χ0n) is 19.9. The molecule has 0 bridgehead atoms. The Kier molecular flexibility index (Phi) is 5.67. The smallest absolute Gasteiger partial charge is 0.225 e. The van der Waals surface area contributed by atoms with Crippen molar-refractivity contribution in [1.82, 2.24) is 15.2 Å². The van der Waals surface area contributed by atoms with Crippen molar-refractivity contribution in [2.75, 3.05) is 5.32 Å². The number of pyridine rings is 1. The number of hydrogen-bond donors (Lipinski definition) is 2. The van der Waals surface area contributed by atoms with E-state index in [-0.39, 0.29) is 17.1 Å². The summed E-state index contributed by atoms with van der Waals surface area (Å²) in [5.74, 6) is 1.34.